The Morgan fingerprint density at radius 2 is 1.95 bits per heavy atom. The average molecular weight is 275 g/mol. The number of aryl methyl sites for hydroxylation is 1. The van der Waals surface area contributed by atoms with Crippen molar-refractivity contribution < 1.29 is 9.59 Å². The highest BCUT2D eigenvalue weighted by atomic mass is 16.2. The predicted molar refractivity (Wildman–Crippen MR) is 77.5 cm³/mol. The van der Waals surface area contributed by atoms with Gasteiger partial charge in [0.15, 0.2) is 0 Å². The van der Waals surface area contributed by atoms with Crippen LogP contribution in [-0.2, 0) is 17.6 Å². The van der Waals surface area contributed by atoms with Crippen molar-refractivity contribution in [3.05, 3.63) is 35.4 Å². The molecule has 108 valence electrons. The average Bonchev–Trinajstić information content (AvgIpc) is 2.46. The summed E-state index contributed by atoms with van der Waals surface area (Å²) in [5.41, 5.74) is 2.74. The monoisotopic (exact) mass is 275 g/mol. The molecule has 0 saturated heterocycles. The molecular formula is C15H21N3O2. The number of amides is 3. The highest BCUT2D eigenvalue weighted by Crippen LogP contribution is 2.21. The van der Waals surface area contributed by atoms with Gasteiger partial charge in [-0.05, 0) is 37.3 Å². The van der Waals surface area contributed by atoms with E-state index in [2.05, 4.69) is 34.1 Å². The van der Waals surface area contributed by atoms with Crippen molar-refractivity contribution in [1.82, 2.24) is 16.0 Å². The summed E-state index contributed by atoms with van der Waals surface area (Å²) in [5, 5.41) is 7.95. The van der Waals surface area contributed by atoms with Crippen molar-refractivity contribution in [1.29, 1.82) is 0 Å². The van der Waals surface area contributed by atoms with Gasteiger partial charge in [-0.15, -0.1) is 0 Å². The van der Waals surface area contributed by atoms with Gasteiger partial charge < -0.3 is 10.6 Å². The van der Waals surface area contributed by atoms with Gasteiger partial charge in [0.2, 0.25) is 5.91 Å². The first-order valence-corrected chi connectivity index (χ1v) is 6.95. The van der Waals surface area contributed by atoms with Crippen molar-refractivity contribution in [2.75, 3.05) is 7.05 Å². The fourth-order valence-corrected chi connectivity index (χ4v) is 2.55. The minimum Gasteiger partial charge on any atom is -0.341 e. The Kier molecular flexibility index (Phi) is 4.74. The largest absolute Gasteiger partial charge is 0.341 e. The van der Waals surface area contributed by atoms with E-state index in [0.29, 0.717) is 0 Å². The zero-order chi connectivity index (χ0) is 14.5. The van der Waals surface area contributed by atoms with Crippen LogP contribution in [0.5, 0.6) is 0 Å². The van der Waals surface area contributed by atoms with Gasteiger partial charge in [0.1, 0.15) is 0 Å². The summed E-state index contributed by atoms with van der Waals surface area (Å²) in [5.74, 6) is -0.303. The highest BCUT2D eigenvalue weighted by molar-refractivity contribution is 5.96. The molecule has 0 spiro atoms. The second kappa shape index (κ2) is 6.52. The molecule has 2 atom stereocenters. The molecule has 5 heteroatoms. The number of nitrogens with one attached hydrogen (secondary N) is 3. The number of urea groups is 1. The first kappa shape index (κ1) is 14.5. The zero-order valence-corrected chi connectivity index (χ0v) is 11.9. The summed E-state index contributed by atoms with van der Waals surface area (Å²) >= 11 is 0. The van der Waals surface area contributed by atoms with Crippen LogP contribution in [0, 0.1) is 0 Å². The number of rotatable bonds is 3. The molecule has 0 aliphatic heterocycles. The Morgan fingerprint density at radius 3 is 2.65 bits per heavy atom. The van der Waals surface area contributed by atoms with Gasteiger partial charge in [-0.1, -0.05) is 24.3 Å². The van der Waals surface area contributed by atoms with Crippen LogP contribution in [0.15, 0.2) is 24.3 Å². The van der Waals surface area contributed by atoms with E-state index in [9.17, 15) is 9.59 Å². The Bertz CT molecular complexity index is 502. The topological polar surface area (TPSA) is 70.2 Å². The maximum Gasteiger partial charge on any atom is 0.321 e. The molecule has 0 saturated carbocycles. The minimum absolute atomic E-state index is 0.273. The van der Waals surface area contributed by atoms with Crippen LogP contribution >= 0.6 is 0 Å². The second-order valence-corrected chi connectivity index (χ2v) is 5.17. The molecule has 1 aromatic rings. The van der Waals surface area contributed by atoms with Crippen molar-refractivity contribution in [3.63, 3.8) is 0 Å². The standard InChI is InChI=1S/C15H21N3O2/c1-10(14(19)18-15(20)16-2)17-13-8-7-11-5-3-4-6-12(11)9-13/h3-6,10,13,17H,7-9H2,1-2H3,(H2,16,18,19,20). The van der Waals surface area contributed by atoms with Gasteiger partial charge in [0.05, 0.1) is 6.04 Å². The second-order valence-electron chi connectivity index (χ2n) is 5.17. The quantitative estimate of drug-likeness (QED) is 0.770. The maximum absolute atomic E-state index is 11.8. The maximum atomic E-state index is 11.8. The Labute approximate surface area is 119 Å². The third-order valence-electron chi connectivity index (χ3n) is 3.69. The molecule has 0 bridgehead atoms. The van der Waals surface area contributed by atoms with Gasteiger partial charge in [0, 0.05) is 13.1 Å². The van der Waals surface area contributed by atoms with Gasteiger partial charge in [0.25, 0.3) is 0 Å². The third kappa shape index (κ3) is 3.57. The van der Waals surface area contributed by atoms with Crippen LogP contribution in [0.3, 0.4) is 0 Å². The Balaban J connectivity index is 1.88. The van der Waals surface area contributed by atoms with Crippen LogP contribution in [0.25, 0.3) is 0 Å². The van der Waals surface area contributed by atoms with Crippen LogP contribution < -0.4 is 16.0 Å². The lowest BCUT2D eigenvalue weighted by atomic mass is 9.88. The van der Waals surface area contributed by atoms with E-state index < -0.39 is 6.03 Å². The molecule has 0 aromatic heterocycles. The Morgan fingerprint density at radius 1 is 1.25 bits per heavy atom. The van der Waals surface area contributed by atoms with E-state index in [1.54, 1.807) is 6.92 Å². The molecular weight excluding hydrogens is 254 g/mol. The van der Waals surface area contributed by atoms with Crippen molar-refractivity contribution >= 4 is 11.9 Å². The number of imide groups is 1. The molecule has 1 aliphatic rings. The lowest BCUT2D eigenvalue weighted by Crippen LogP contribution is -2.51. The highest BCUT2D eigenvalue weighted by Gasteiger charge is 2.22. The number of carbonyl (C=O) groups excluding carboxylic acids is 2. The molecule has 20 heavy (non-hydrogen) atoms. The van der Waals surface area contributed by atoms with Crippen LogP contribution in [0.4, 0.5) is 4.79 Å². The van der Waals surface area contributed by atoms with E-state index in [4.69, 9.17) is 0 Å². The SMILES string of the molecule is CNC(=O)NC(=O)C(C)NC1CCc2ccccc2C1. The third-order valence-corrected chi connectivity index (χ3v) is 3.69. The molecule has 1 aliphatic carbocycles. The molecule has 0 fully saturated rings. The van der Waals surface area contributed by atoms with Crippen molar-refractivity contribution in [2.24, 2.45) is 0 Å². The summed E-state index contributed by atoms with van der Waals surface area (Å²) in [4.78, 5) is 22.9. The normalized spacial score (nSPS) is 18.8. The van der Waals surface area contributed by atoms with Gasteiger partial charge in [-0.2, -0.15) is 0 Å². The van der Waals surface area contributed by atoms with Crippen LogP contribution in [-0.4, -0.2) is 31.1 Å². The van der Waals surface area contributed by atoms with Crippen LogP contribution in [0.2, 0.25) is 0 Å². The molecule has 0 radical (unpaired) electrons. The van der Waals surface area contributed by atoms with E-state index in [1.165, 1.54) is 18.2 Å². The van der Waals surface area contributed by atoms with Gasteiger partial charge >= 0.3 is 6.03 Å². The summed E-state index contributed by atoms with van der Waals surface area (Å²) in [6.45, 7) is 1.78. The molecule has 1 aromatic carbocycles. The number of benzene rings is 1. The molecule has 3 amide bonds. The molecule has 2 unspecified atom stereocenters. The summed E-state index contributed by atoms with van der Waals surface area (Å²) in [7, 11) is 1.48. The number of carbonyl (C=O) groups is 2. The smallest absolute Gasteiger partial charge is 0.321 e. The minimum atomic E-state index is -0.474. The van der Waals surface area contributed by atoms with E-state index >= 15 is 0 Å². The lowest BCUT2D eigenvalue weighted by molar-refractivity contribution is -0.121. The van der Waals surface area contributed by atoms with E-state index in [1.807, 2.05) is 6.07 Å². The van der Waals surface area contributed by atoms with Crippen molar-refractivity contribution in [2.45, 2.75) is 38.3 Å². The first-order valence-electron chi connectivity index (χ1n) is 6.95. The van der Waals surface area contributed by atoms with E-state index in [0.717, 1.165) is 19.3 Å². The number of hydrogen-bond acceptors (Lipinski definition) is 3. The molecule has 5 nitrogen and oxygen atoms in total. The van der Waals surface area contributed by atoms with Crippen molar-refractivity contribution in [3.8, 4) is 0 Å². The van der Waals surface area contributed by atoms with Gasteiger partial charge in [-0.3, -0.25) is 10.1 Å². The summed E-state index contributed by atoms with van der Waals surface area (Å²) in [6, 6.07) is 7.82. The zero-order valence-electron chi connectivity index (χ0n) is 11.9. The number of fused-ring (bicyclic) bond motifs is 1. The molecule has 2 rings (SSSR count). The summed E-state index contributed by atoms with van der Waals surface area (Å²) in [6.07, 6.45) is 2.96. The fraction of sp³-hybridized carbons (Fsp3) is 0.467. The van der Waals surface area contributed by atoms with Gasteiger partial charge in [-0.25, -0.2) is 4.79 Å². The van der Waals surface area contributed by atoms with E-state index in [-0.39, 0.29) is 18.0 Å². The summed E-state index contributed by atoms with van der Waals surface area (Å²) < 4.78 is 0. The lowest BCUT2D eigenvalue weighted by Gasteiger charge is -2.27. The molecule has 0 heterocycles. The molecule has 3 N–H and O–H groups in total. The number of hydrogen-bond donors (Lipinski definition) is 3. The fourth-order valence-electron chi connectivity index (χ4n) is 2.55. The predicted octanol–water partition coefficient (Wildman–Crippen LogP) is 0.978. The Hall–Kier alpha value is -1.88. The van der Waals surface area contributed by atoms with Crippen LogP contribution in [0.1, 0.15) is 24.5 Å². The first-order chi connectivity index (χ1) is 9.60.